The van der Waals surface area contributed by atoms with Crippen molar-refractivity contribution in [3.05, 3.63) is 29.8 Å². The van der Waals surface area contributed by atoms with Crippen LogP contribution in [0.15, 0.2) is 24.3 Å². The smallest absolute Gasteiger partial charge is 0.239 e. The molecule has 0 bridgehead atoms. The summed E-state index contributed by atoms with van der Waals surface area (Å²) in [6, 6.07) is 8.23. The van der Waals surface area contributed by atoms with Crippen molar-refractivity contribution >= 4 is 46.4 Å². The lowest BCUT2D eigenvalue weighted by atomic mass is 10.2. The molecular weight excluding hydrogens is 423 g/mol. The van der Waals surface area contributed by atoms with Crippen LogP contribution in [0.3, 0.4) is 0 Å². The van der Waals surface area contributed by atoms with Gasteiger partial charge in [-0.25, -0.2) is 8.42 Å². The molecule has 1 amide bonds. The lowest BCUT2D eigenvalue weighted by Gasteiger charge is -2.35. The molecule has 0 saturated carbocycles. The minimum absolute atomic E-state index is 0. The summed E-state index contributed by atoms with van der Waals surface area (Å²) in [6.07, 6.45) is 0.862. The molecule has 160 valence electrons. The molecule has 2 aliphatic rings. The Morgan fingerprint density at radius 3 is 2.43 bits per heavy atom. The molecule has 2 heterocycles. The molecule has 2 saturated heterocycles. The van der Waals surface area contributed by atoms with Crippen molar-refractivity contribution in [2.24, 2.45) is 0 Å². The first-order valence-electron chi connectivity index (χ1n) is 9.24. The molecular formula is C18H30Cl2N4O3S. The fourth-order valence-corrected chi connectivity index (χ4v) is 4.88. The van der Waals surface area contributed by atoms with Gasteiger partial charge in [0.2, 0.25) is 15.9 Å². The number of nitrogens with zero attached hydrogens (tertiary/aromatic N) is 3. The second-order valence-corrected chi connectivity index (χ2v) is 8.93. The van der Waals surface area contributed by atoms with Gasteiger partial charge < -0.3 is 15.1 Å². The Bertz CT molecular complexity index is 732. The summed E-state index contributed by atoms with van der Waals surface area (Å²) < 4.78 is 26.8. The third-order valence-electron chi connectivity index (χ3n) is 5.00. The quantitative estimate of drug-likeness (QED) is 0.740. The number of piperazine rings is 1. The van der Waals surface area contributed by atoms with Crippen molar-refractivity contribution in [3.8, 4) is 0 Å². The van der Waals surface area contributed by atoms with Gasteiger partial charge in [-0.1, -0.05) is 12.1 Å². The first-order chi connectivity index (χ1) is 12.5. The molecule has 0 spiro atoms. The molecule has 10 heteroatoms. The first kappa shape index (κ1) is 25.0. The Kier molecular flexibility index (Phi) is 10.00. The number of carbonyl (C=O) groups excluding carboxylic acids is 1. The van der Waals surface area contributed by atoms with E-state index in [1.807, 2.05) is 25.1 Å². The maximum Gasteiger partial charge on any atom is 0.239 e. The topological polar surface area (TPSA) is 73.0 Å². The van der Waals surface area contributed by atoms with Gasteiger partial charge in [-0.15, -0.1) is 24.8 Å². The molecule has 0 atom stereocenters. The van der Waals surface area contributed by atoms with E-state index in [1.54, 1.807) is 4.90 Å². The summed E-state index contributed by atoms with van der Waals surface area (Å²) in [5.74, 6) is -0.702. The van der Waals surface area contributed by atoms with Crippen molar-refractivity contribution in [3.63, 3.8) is 0 Å². The van der Waals surface area contributed by atoms with Crippen LogP contribution in [-0.2, 0) is 14.8 Å². The fraction of sp³-hybridized carbons (Fsp3) is 0.611. The molecule has 1 aromatic rings. The van der Waals surface area contributed by atoms with Gasteiger partial charge >= 0.3 is 0 Å². The van der Waals surface area contributed by atoms with E-state index in [9.17, 15) is 13.2 Å². The molecule has 3 rings (SSSR count). The van der Waals surface area contributed by atoms with Crippen molar-refractivity contribution in [1.82, 2.24) is 14.5 Å². The summed E-state index contributed by atoms with van der Waals surface area (Å²) in [6.45, 7) is 6.98. The Hall–Kier alpha value is -1.06. The molecule has 2 fully saturated rings. The van der Waals surface area contributed by atoms with Gasteiger partial charge in [0.25, 0.3) is 0 Å². The maximum absolute atomic E-state index is 12.7. The van der Waals surface area contributed by atoms with E-state index in [2.05, 4.69) is 16.3 Å². The van der Waals surface area contributed by atoms with E-state index >= 15 is 0 Å². The van der Waals surface area contributed by atoms with Crippen LogP contribution in [0, 0.1) is 6.92 Å². The number of hydrogen-bond donors (Lipinski definition) is 1. The maximum atomic E-state index is 12.7. The second kappa shape index (κ2) is 11.2. The third kappa shape index (κ3) is 6.49. The molecule has 7 nitrogen and oxygen atoms in total. The summed E-state index contributed by atoms with van der Waals surface area (Å²) in [7, 11) is -3.56. The van der Waals surface area contributed by atoms with Crippen molar-refractivity contribution in [2.45, 2.75) is 13.3 Å². The van der Waals surface area contributed by atoms with Gasteiger partial charge in [0.15, 0.2) is 0 Å². The molecule has 1 N–H and O–H groups in total. The van der Waals surface area contributed by atoms with Gasteiger partial charge in [0, 0.05) is 51.5 Å². The van der Waals surface area contributed by atoms with Crippen LogP contribution < -0.4 is 10.2 Å². The van der Waals surface area contributed by atoms with E-state index in [4.69, 9.17) is 0 Å². The number of amides is 1. The summed E-state index contributed by atoms with van der Waals surface area (Å²) in [5.41, 5.74) is 2.31. The lowest BCUT2D eigenvalue weighted by Crippen LogP contribution is -2.51. The normalized spacial score (nSPS) is 18.6. The Morgan fingerprint density at radius 1 is 1.04 bits per heavy atom. The molecule has 1 aromatic carbocycles. The minimum Gasteiger partial charge on any atom is -0.369 e. The van der Waals surface area contributed by atoms with E-state index in [0.29, 0.717) is 39.3 Å². The van der Waals surface area contributed by atoms with Gasteiger partial charge in [-0.05, 0) is 37.6 Å². The number of rotatable bonds is 4. The average Bonchev–Trinajstić information content (AvgIpc) is 2.91. The van der Waals surface area contributed by atoms with Crippen molar-refractivity contribution < 1.29 is 13.2 Å². The van der Waals surface area contributed by atoms with Crippen molar-refractivity contribution in [2.75, 3.05) is 63.0 Å². The number of anilines is 1. The molecule has 2 aliphatic heterocycles. The average molecular weight is 453 g/mol. The van der Waals surface area contributed by atoms with E-state index in [-0.39, 0.29) is 30.7 Å². The van der Waals surface area contributed by atoms with Gasteiger partial charge in [-0.3, -0.25) is 4.79 Å². The van der Waals surface area contributed by atoms with E-state index in [0.717, 1.165) is 25.2 Å². The van der Waals surface area contributed by atoms with Crippen LogP contribution in [0.5, 0.6) is 0 Å². The summed E-state index contributed by atoms with van der Waals surface area (Å²) in [5, 5.41) is 3.22. The number of nitrogens with one attached hydrogen (secondary N) is 1. The van der Waals surface area contributed by atoms with Crippen LogP contribution in [0.4, 0.5) is 5.69 Å². The second-order valence-electron chi connectivity index (χ2n) is 6.97. The lowest BCUT2D eigenvalue weighted by molar-refractivity contribution is -0.128. The molecule has 0 aliphatic carbocycles. The van der Waals surface area contributed by atoms with Gasteiger partial charge in [0.05, 0.1) is 0 Å². The third-order valence-corrected chi connectivity index (χ3v) is 6.76. The van der Waals surface area contributed by atoms with Crippen LogP contribution >= 0.6 is 24.8 Å². The Balaban J connectivity index is 0.00000196. The molecule has 0 unspecified atom stereocenters. The van der Waals surface area contributed by atoms with E-state index in [1.165, 1.54) is 9.87 Å². The summed E-state index contributed by atoms with van der Waals surface area (Å²) >= 11 is 0. The highest BCUT2D eigenvalue weighted by Gasteiger charge is 2.30. The number of carbonyl (C=O) groups is 1. The zero-order valence-corrected chi connectivity index (χ0v) is 18.6. The van der Waals surface area contributed by atoms with Crippen LogP contribution in [0.25, 0.3) is 0 Å². The highest BCUT2D eigenvalue weighted by Crippen LogP contribution is 2.19. The fourth-order valence-electron chi connectivity index (χ4n) is 3.48. The molecule has 28 heavy (non-hydrogen) atoms. The number of benzene rings is 1. The van der Waals surface area contributed by atoms with Crippen LogP contribution in [0.2, 0.25) is 0 Å². The predicted octanol–water partition coefficient (Wildman–Crippen LogP) is 1.11. The predicted molar refractivity (Wildman–Crippen MR) is 117 cm³/mol. The zero-order chi connectivity index (χ0) is 18.6. The number of hydrogen-bond acceptors (Lipinski definition) is 5. The minimum atomic E-state index is -3.56. The SMILES string of the molecule is Cc1cccc(N2CCN(S(=O)(=O)CC(=O)N3CCCNCC3)CC2)c1.Cl.Cl. The number of sulfonamides is 1. The van der Waals surface area contributed by atoms with Gasteiger partial charge in [-0.2, -0.15) is 4.31 Å². The highest BCUT2D eigenvalue weighted by molar-refractivity contribution is 7.89. The monoisotopic (exact) mass is 452 g/mol. The Labute approximate surface area is 180 Å². The number of aryl methyl sites for hydroxylation is 1. The van der Waals surface area contributed by atoms with Crippen molar-refractivity contribution in [1.29, 1.82) is 0 Å². The summed E-state index contributed by atoms with van der Waals surface area (Å²) in [4.78, 5) is 16.3. The van der Waals surface area contributed by atoms with Crippen LogP contribution in [-0.4, -0.2) is 81.6 Å². The van der Waals surface area contributed by atoms with E-state index < -0.39 is 15.8 Å². The van der Waals surface area contributed by atoms with Gasteiger partial charge in [0.1, 0.15) is 5.75 Å². The molecule has 0 radical (unpaired) electrons. The Morgan fingerprint density at radius 2 is 1.75 bits per heavy atom. The molecule has 0 aromatic heterocycles. The standard InChI is InChI=1S/C18H28N4O3S.2ClH/c1-16-4-2-5-17(14-16)20-10-12-22(13-11-20)26(24,25)15-18(23)21-8-3-6-19-7-9-21;;/h2,4-5,14,19H,3,6-13,15H2,1H3;2*1H. The number of halogens is 2. The first-order valence-corrected chi connectivity index (χ1v) is 10.8. The largest absolute Gasteiger partial charge is 0.369 e. The highest BCUT2D eigenvalue weighted by atomic mass is 35.5. The zero-order valence-electron chi connectivity index (χ0n) is 16.2. The van der Waals surface area contributed by atoms with Crippen LogP contribution in [0.1, 0.15) is 12.0 Å².